The normalized spacial score (nSPS) is 13.5. The maximum atomic E-state index is 12.8. The van der Waals surface area contributed by atoms with Crippen LogP contribution in [0.2, 0.25) is 0 Å². The molecule has 0 amide bonds. The first kappa shape index (κ1) is 68.9. The van der Waals surface area contributed by atoms with Gasteiger partial charge in [0.1, 0.15) is 33.8 Å². The van der Waals surface area contributed by atoms with Crippen molar-refractivity contribution in [3.8, 4) is 39.8 Å². The molecule has 1 fully saturated rings. The highest BCUT2D eigenvalue weighted by Gasteiger charge is 2.52. The van der Waals surface area contributed by atoms with E-state index in [0.29, 0.717) is 61.2 Å². The third kappa shape index (κ3) is 17.1. The minimum atomic E-state index is -4.79. The molecule has 484 valence electrons. The summed E-state index contributed by atoms with van der Waals surface area (Å²) in [4.78, 5) is 51.3. The van der Waals surface area contributed by atoms with Gasteiger partial charge < -0.3 is 51.8 Å². The molecule has 11 aromatic rings. The predicted molar refractivity (Wildman–Crippen MR) is 321 cm³/mol. The summed E-state index contributed by atoms with van der Waals surface area (Å²) in [5.74, 6) is -0.00369. The number of H-pyrrole nitrogens is 1. The monoisotopic (exact) mass is 1420 g/mol. The van der Waals surface area contributed by atoms with Gasteiger partial charge in [-0.3, -0.25) is 32.9 Å². The first-order valence-electron chi connectivity index (χ1n) is 26.5. The fraction of sp³-hybridized carbons (Fsp3) is 0.250. The molecular formula is C56H49B2Br2F9N10O13. The summed E-state index contributed by atoms with van der Waals surface area (Å²) >= 11 is 6.54. The van der Waals surface area contributed by atoms with Gasteiger partial charge in [0.05, 0.1) is 26.3 Å². The molecule has 0 saturated carbocycles. The standard InChI is InChI=1S/C18H13F3N4O3.C14H8BrF3N2O3.C10H17BN2O2.C7H6BF3O3.C7H5BrN2O2/c1-10-23-15-14(11-7-22-24(2)8-11)9-25(17(26)16(15)27-10)12-3-5-13(6-4-12)28-18(19,20)21;1-7-19-11-10(15)6-20(13(21)12(11)22-7)8-2-4-9(5-3-8)23-14(16,17)18;1-9(2)10(3,4)15-11(14-9)8-6-12-13(5)7-8;9-7(10,11)14-6-3-1-5(2-4-6)8(12)13;1-3-10-5-4(8)2-9-7(11)6(5)12-3/h3-9H,1-2H3;2-6H,1H3;6-7H,1-5H3;1-4,12-13H;2H,1H3,(H,9,11). The summed E-state index contributed by atoms with van der Waals surface area (Å²) < 4.78 is 155. The zero-order valence-corrected chi connectivity index (χ0v) is 52.4. The van der Waals surface area contributed by atoms with Crippen LogP contribution < -0.4 is 41.8 Å². The second-order valence-corrected chi connectivity index (χ2v) is 22.3. The first-order valence-corrected chi connectivity index (χ1v) is 28.1. The van der Waals surface area contributed by atoms with E-state index in [1.165, 1.54) is 39.6 Å². The molecule has 23 nitrogen and oxygen atoms in total. The van der Waals surface area contributed by atoms with Gasteiger partial charge in [-0.25, -0.2) is 15.0 Å². The highest BCUT2D eigenvalue weighted by molar-refractivity contribution is 9.11. The van der Waals surface area contributed by atoms with Gasteiger partial charge in [-0.2, -0.15) is 10.2 Å². The van der Waals surface area contributed by atoms with Crippen molar-refractivity contribution < 1.29 is 86.3 Å². The first-order chi connectivity index (χ1) is 42.8. The van der Waals surface area contributed by atoms with Crippen LogP contribution in [-0.2, 0) is 23.4 Å². The smallest absolute Gasteiger partial charge is 0.435 e. The number of aromatic amines is 1. The minimum Gasteiger partial charge on any atom is -0.435 e. The van der Waals surface area contributed by atoms with Crippen LogP contribution in [0, 0.1) is 20.8 Å². The van der Waals surface area contributed by atoms with Crippen molar-refractivity contribution in [2.45, 2.75) is 78.8 Å². The molecule has 0 aliphatic carbocycles. The average molecular weight is 1420 g/mol. The number of halogens is 11. The molecule has 1 saturated heterocycles. The number of fused-ring (bicyclic) bond motifs is 3. The van der Waals surface area contributed by atoms with E-state index >= 15 is 0 Å². The van der Waals surface area contributed by atoms with Gasteiger partial charge >= 0.3 is 33.3 Å². The van der Waals surface area contributed by atoms with E-state index in [9.17, 15) is 53.9 Å². The highest BCUT2D eigenvalue weighted by atomic mass is 79.9. The van der Waals surface area contributed by atoms with Crippen LogP contribution in [0.25, 0.3) is 55.8 Å². The number of aryl methyl sites for hydroxylation is 5. The Balaban J connectivity index is 0.000000154. The molecule has 92 heavy (non-hydrogen) atoms. The Kier molecular flexibility index (Phi) is 20.3. The number of benzene rings is 3. The molecule has 0 bridgehead atoms. The zero-order valence-electron chi connectivity index (χ0n) is 49.2. The van der Waals surface area contributed by atoms with Gasteiger partial charge in [0, 0.05) is 100 Å². The number of oxazole rings is 3. The van der Waals surface area contributed by atoms with E-state index in [2.05, 4.69) is 76.2 Å². The summed E-state index contributed by atoms with van der Waals surface area (Å²) in [7, 11) is 1.64. The lowest BCUT2D eigenvalue weighted by Crippen LogP contribution is -2.41. The van der Waals surface area contributed by atoms with E-state index in [-0.39, 0.29) is 57.6 Å². The lowest BCUT2D eigenvalue weighted by Gasteiger charge is -2.32. The van der Waals surface area contributed by atoms with Crippen molar-refractivity contribution in [3.05, 3.63) is 174 Å². The van der Waals surface area contributed by atoms with Gasteiger partial charge in [-0.05, 0) is 126 Å². The Bertz CT molecular complexity index is 4560. The van der Waals surface area contributed by atoms with Gasteiger partial charge in [-0.1, -0.05) is 12.1 Å². The van der Waals surface area contributed by atoms with Crippen LogP contribution in [0.15, 0.2) is 153 Å². The van der Waals surface area contributed by atoms with Crippen LogP contribution in [0.3, 0.4) is 0 Å². The number of pyridine rings is 3. The van der Waals surface area contributed by atoms with Gasteiger partial charge in [-0.15, -0.1) is 39.5 Å². The molecule has 1 aliphatic heterocycles. The third-order valence-corrected chi connectivity index (χ3v) is 14.3. The van der Waals surface area contributed by atoms with Crippen LogP contribution in [0.4, 0.5) is 39.5 Å². The number of aromatic nitrogens is 10. The summed E-state index contributed by atoms with van der Waals surface area (Å²) in [6.07, 6.45) is -2.63. The molecule has 3 N–H and O–H groups in total. The van der Waals surface area contributed by atoms with Crippen molar-refractivity contribution in [3.63, 3.8) is 0 Å². The second-order valence-electron chi connectivity index (χ2n) is 20.6. The summed E-state index contributed by atoms with van der Waals surface area (Å²) in [5.41, 5.74) is 3.06. The molecule has 0 unspecified atom stereocenters. The lowest BCUT2D eigenvalue weighted by atomic mass is 9.80. The summed E-state index contributed by atoms with van der Waals surface area (Å²) in [6, 6.07) is 14.2. The molecule has 0 radical (unpaired) electrons. The highest BCUT2D eigenvalue weighted by Crippen LogP contribution is 2.37. The Hall–Kier alpha value is -8.96. The largest absolute Gasteiger partial charge is 0.573 e. The molecule has 36 heteroatoms. The SMILES string of the molecule is Cc1nc2c(-c3cnn(C)c3)cn(-c3ccc(OC(F)(F)F)cc3)c(=O)c2o1.Cc1nc2c(Br)c[nH]c(=O)c2o1.Cc1nc2c(Br)cn(-c3ccc(OC(F)(F)F)cc3)c(=O)c2o1.Cn1cc(B2OC(C)(C)C(C)(C)O2)cn1.OB(O)c1ccc(OC(F)(F)F)cc1. The molecule has 0 atom stereocenters. The van der Waals surface area contributed by atoms with Crippen LogP contribution in [0.5, 0.6) is 17.2 Å². The average Bonchev–Trinajstić information content (AvgIpc) is 1.56. The molecule has 1 aliphatic rings. The van der Waals surface area contributed by atoms with Crippen molar-refractivity contribution in [1.29, 1.82) is 0 Å². The number of nitrogens with zero attached hydrogens (tertiary/aromatic N) is 9. The molecule has 9 heterocycles. The predicted octanol–water partition coefficient (Wildman–Crippen LogP) is 10.1. The summed E-state index contributed by atoms with van der Waals surface area (Å²) in [5, 5.41) is 25.5. The molecular weight excluding hydrogens is 1370 g/mol. The Labute approximate surface area is 529 Å². The van der Waals surface area contributed by atoms with Crippen molar-refractivity contribution in [2.75, 3.05) is 0 Å². The second kappa shape index (κ2) is 27.1. The Morgan fingerprint density at radius 3 is 1.37 bits per heavy atom. The maximum absolute atomic E-state index is 12.8. The fourth-order valence-electron chi connectivity index (χ4n) is 8.35. The van der Waals surface area contributed by atoms with Crippen LogP contribution in [0.1, 0.15) is 45.4 Å². The number of rotatable bonds is 8. The van der Waals surface area contributed by atoms with E-state index < -0.39 is 43.1 Å². The number of hydrogen-bond donors (Lipinski definition) is 3. The quantitative estimate of drug-likeness (QED) is 0.0942. The van der Waals surface area contributed by atoms with Gasteiger partial charge in [0.15, 0.2) is 17.7 Å². The van der Waals surface area contributed by atoms with Crippen LogP contribution in [-0.4, -0.2) is 103 Å². The zero-order chi connectivity index (χ0) is 67.6. The molecule has 8 aromatic heterocycles. The van der Waals surface area contributed by atoms with Crippen molar-refractivity contribution >= 4 is 90.3 Å². The Morgan fingerprint density at radius 1 is 0.554 bits per heavy atom. The molecule has 0 spiro atoms. The van der Waals surface area contributed by atoms with E-state index in [1.54, 1.807) is 68.2 Å². The Morgan fingerprint density at radius 2 is 0.957 bits per heavy atom. The fourth-order valence-corrected chi connectivity index (χ4v) is 9.21. The topological polar surface area (TPSA) is 277 Å². The van der Waals surface area contributed by atoms with Crippen molar-refractivity contribution in [1.82, 2.24) is 48.6 Å². The minimum absolute atomic E-state index is 0.0504. The number of nitrogens with one attached hydrogen (secondary N) is 1. The molecule has 12 rings (SSSR count). The number of ether oxygens (including phenoxy) is 3. The number of alkyl halides is 9. The van der Waals surface area contributed by atoms with E-state index in [1.807, 2.05) is 40.9 Å². The van der Waals surface area contributed by atoms with E-state index in [4.69, 9.17) is 32.6 Å². The van der Waals surface area contributed by atoms with Crippen LogP contribution >= 0.6 is 31.9 Å². The van der Waals surface area contributed by atoms with Gasteiger partial charge in [0.2, 0.25) is 16.7 Å². The van der Waals surface area contributed by atoms with Gasteiger partial charge in [0.25, 0.3) is 16.7 Å². The molecule has 3 aromatic carbocycles. The lowest BCUT2D eigenvalue weighted by molar-refractivity contribution is -0.275. The van der Waals surface area contributed by atoms with E-state index in [0.717, 1.165) is 58.5 Å². The maximum Gasteiger partial charge on any atom is 0.573 e. The van der Waals surface area contributed by atoms with Crippen molar-refractivity contribution in [2.24, 2.45) is 14.1 Å². The number of hydrogen-bond acceptors (Lipinski definition) is 18. The summed E-state index contributed by atoms with van der Waals surface area (Å²) in [6.45, 7) is 13.1. The third-order valence-electron chi connectivity index (χ3n) is 13.1.